The van der Waals surface area contributed by atoms with Gasteiger partial charge in [0.1, 0.15) is 0 Å². The Morgan fingerprint density at radius 2 is 1.67 bits per heavy atom. The molecule has 0 radical (unpaired) electrons. The third-order valence-electron chi connectivity index (χ3n) is 1.72. The second-order valence-electron chi connectivity index (χ2n) is 2.81. The van der Waals surface area contributed by atoms with Crippen LogP contribution in [0.3, 0.4) is 0 Å². The zero-order valence-corrected chi connectivity index (χ0v) is 9.02. The number of ketones is 1. The van der Waals surface area contributed by atoms with E-state index in [0.717, 1.165) is 0 Å². The van der Waals surface area contributed by atoms with Crippen molar-refractivity contribution < 1.29 is 18.0 Å². The van der Waals surface area contributed by atoms with Gasteiger partial charge in [0.05, 0.1) is 5.57 Å². The molecule has 5 heteroatoms. The molecule has 0 aliphatic heterocycles. The molecule has 0 aliphatic rings. The van der Waals surface area contributed by atoms with Crippen molar-refractivity contribution in [3.8, 4) is 0 Å². The summed E-state index contributed by atoms with van der Waals surface area (Å²) in [4.78, 5) is 11.3. The fourth-order valence-corrected chi connectivity index (χ4v) is 1.17. The Kier molecular flexibility index (Phi) is 3.34. The van der Waals surface area contributed by atoms with Gasteiger partial charge in [0.2, 0.25) is 0 Å². The summed E-state index contributed by atoms with van der Waals surface area (Å²) < 4.78 is 37.1. The van der Waals surface area contributed by atoms with Gasteiger partial charge in [0, 0.05) is 10.0 Å². The largest absolute Gasteiger partial charge is 0.419 e. The first-order valence-corrected chi connectivity index (χ1v) is 4.68. The third-order valence-corrected chi connectivity index (χ3v) is 2.25. The molecule has 0 unspecified atom stereocenters. The molecule has 0 bridgehead atoms. The first-order valence-electron chi connectivity index (χ1n) is 3.88. The lowest BCUT2D eigenvalue weighted by molar-refractivity contribution is -0.0883. The minimum absolute atomic E-state index is 0.0273. The standard InChI is InChI=1S/C10H6BrF3O/c1-6(10(12,13)14)9(15)7-2-4-8(11)5-3-7/h2-5H,1H2. The molecule has 1 nitrogen and oxygen atoms in total. The summed E-state index contributed by atoms with van der Waals surface area (Å²) >= 11 is 3.12. The quantitative estimate of drug-likeness (QED) is 0.595. The maximum absolute atomic E-state index is 12.1. The van der Waals surface area contributed by atoms with E-state index in [-0.39, 0.29) is 5.56 Å². The lowest BCUT2D eigenvalue weighted by atomic mass is 10.0. The minimum atomic E-state index is -4.68. The average Bonchev–Trinajstić information content (AvgIpc) is 2.15. The molecular weight excluding hydrogens is 273 g/mol. The molecular formula is C10H6BrF3O. The normalized spacial score (nSPS) is 11.2. The number of hydrogen-bond acceptors (Lipinski definition) is 1. The van der Waals surface area contributed by atoms with Crippen molar-refractivity contribution in [2.75, 3.05) is 0 Å². The number of carbonyl (C=O) groups is 1. The van der Waals surface area contributed by atoms with Crippen LogP contribution >= 0.6 is 15.9 Å². The van der Waals surface area contributed by atoms with Crippen LogP contribution in [0.15, 0.2) is 40.9 Å². The van der Waals surface area contributed by atoms with E-state index in [0.29, 0.717) is 4.47 Å². The summed E-state index contributed by atoms with van der Waals surface area (Å²) in [6, 6.07) is 5.61. The van der Waals surface area contributed by atoms with Gasteiger partial charge < -0.3 is 0 Å². The molecule has 0 spiro atoms. The predicted molar refractivity (Wildman–Crippen MR) is 53.7 cm³/mol. The van der Waals surface area contributed by atoms with Gasteiger partial charge in [-0.25, -0.2) is 0 Å². The van der Waals surface area contributed by atoms with Crippen LogP contribution in [-0.2, 0) is 0 Å². The van der Waals surface area contributed by atoms with Crippen LogP contribution in [0, 0.1) is 0 Å². The summed E-state index contributed by atoms with van der Waals surface area (Å²) in [7, 11) is 0. The van der Waals surface area contributed by atoms with Crippen LogP contribution in [0.2, 0.25) is 0 Å². The first kappa shape index (κ1) is 12.0. The highest BCUT2D eigenvalue weighted by Crippen LogP contribution is 2.27. The van der Waals surface area contributed by atoms with E-state index < -0.39 is 17.5 Å². The van der Waals surface area contributed by atoms with Gasteiger partial charge in [0.15, 0.2) is 5.78 Å². The zero-order valence-electron chi connectivity index (χ0n) is 7.44. The van der Waals surface area contributed by atoms with Crippen molar-refractivity contribution >= 4 is 21.7 Å². The van der Waals surface area contributed by atoms with E-state index in [4.69, 9.17) is 0 Å². The molecule has 0 atom stereocenters. The highest BCUT2D eigenvalue weighted by molar-refractivity contribution is 9.10. The van der Waals surface area contributed by atoms with Crippen molar-refractivity contribution in [2.24, 2.45) is 0 Å². The number of allylic oxidation sites excluding steroid dienone is 1. The van der Waals surface area contributed by atoms with Gasteiger partial charge in [-0.05, 0) is 24.3 Å². The average molecular weight is 279 g/mol. The van der Waals surface area contributed by atoms with Gasteiger partial charge >= 0.3 is 6.18 Å². The lowest BCUT2D eigenvalue weighted by Crippen LogP contribution is -2.19. The van der Waals surface area contributed by atoms with Gasteiger partial charge in [-0.1, -0.05) is 22.5 Å². The highest BCUT2D eigenvalue weighted by Gasteiger charge is 2.36. The SMILES string of the molecule is C=C(C(=O)c1ccc(Br)cc1)C(F)(F)F. The Morgan fingerprint density at radius 3 is 2.07 bits per heavy atom. The minimum Gasteiger partial charge on any atom is -0.289 e. The molecule has 0 heterocycles. The molecule has 15 heavy (non-hydrogen) atoms. The summed E-state index contributed by atoms with van der Waals surface area (Å²) in [5, 5.41) is 0. The van der Waals surface area contributed by atoms with Crippen molar-refractivity contribution in [1.29, 1.82) is 0 Å². The molecule has 0 amide bonds. The van der Waals surface area contributed by atoms with Crippen LogP contribution in [0.1, 0.15) is 10.4 Å². The topological polar surface area (TPSA) is 17.1 Å². The molecule has 0 aliphatic carbocycles. The molecule has 1 aromatic rings. The van der Waals surface area contributed by atoms with Gasteiger partial charge in [-0.3, -0.25) is 4.79 Å². The fourth-order valence-electron chi connectivity index (χ4n) is 0.904. The van der Waals surface area contributed by atoms with E-state index in [1.165, 1.54) is 24.3 Å². The Morgan fingerprint density at radius 1 is 1.20 bits per heavy atom. The summed E-state index contributed by atoms with van der Waals surface area (Å²) in [5.41, 5.74) is -1.38. The lowest BCUT2D eigenvalue weighted by Gasteiger charge is -2.08. The zero-order chi connectivity index (χ0) is 11.6. The number of alkyl halides is 3. The molecule has 0 saturated heterocycles. The first-order chi connectivity index (χ1) is 6.82. The molecule has 1 rings (SSSR count). The van der Waals surface area contributed by atoms with Crippen molar-refractivity contribution in [3.63, 3.8) is 0 Å². The molecule has 1 aromatic carbocycles. The van der Waals surface area contributed by atoms with Crippen LogP contribution in [0.5, 0.6) is 0 Å². The predicted octanol–water partition coefficient (Wildman–Crippen LogP) is 3.75. The molecule has 0 aromatic heterocycles. The molecule has 80 valence electrons. The summed E-state index contributed by atoms with van der Waals surface area (Å²) in [6.07, 6.45) is -4.68. The fraction of sp³-hybridized carbons (Fsp3) is 0.100. The maximum Gasteiger partial charge on any atom is 0.419 e. The number of rotatable bonds is 2. The van der Waals surface area contributed by atoms with Crippen LogP contribution < -0.4 is 0 Å². The van der Waals surface area contributed by atoms with Gasteiger partial charge in [-0.15, -0.1) is 0 Å². The van der Waals surface area contributed by atoms with Crippen molar-refractivity contribution in [1.82, 2.24) is 0 Å². The number of hydrogen-bond donors (Lipinski definition) is 0. The number of carbonyl (C=O) groups excluding carboxylic acids is 1. The van der Waals surface area contributed by atoms with Crippen molar-refractivity contribution in [3.05, 3.63) is 46.5 Å². The Hall–Kier alpha value is -1.10. The summed E-state index contributed by atoms with van der Waals surface area (Å²) in [6.45, 7) is 2.74. The molecule has 0 saturated carbocycles. The van der Waals surface area contributed by atoms with Gasteiger partial charge in [-0.2, -0.15) is 13.2 Å². The smallest absolute Gasteiger partial charge is 0.289 e. The van der Waals surface area contributed by atoms with Crippen LogP contribution in [-0.4, -0.2) is 12.0 Å². The highest BCUT2D eigenvalue weighted by atomic mass is 79.9. The van der Waals surface area contributed by atoms with E-state index in [2.05, 4.69) is 22.5 Å². The molecule has 0 N–H and O–H groups in total. The van der Waals surface area contributed by atoms with E-state index in [9.17, 15) is 18.0 Å². The second-order valence-corrected chi connectivity index (χ2v) is 3.73. The Balaban J connectivity index is 2.96. The van der Waals surface area contributed by atoms with E-state index in [1.807, 2.05) is 0 Å². The van der Waals surface area contributed by atoms with Crippen LogP contribution in [0.4, 0.5) is 13.2 Å². The second kappa shape index (κ2) is 4.18. The number of Topliss-reactive ketones (excluding diaryl/α,β-unsaturated/α-hetero) is 1. The summed E-state index contributed by atoms with van der Waals surface area (Å²) in [5.74, 6) is -1.10. The monoisotopic (exact) mass is 278 g/mol. The third kappa shape index (κ3) is 2.92. The van der Waals surface area contributed by atoms with Crippen LogP contribution in [0.25, 0.3) is 0 Å². The maximum atomic E-state index is 12.1. The number of benzene rings is 1. The number of halogens is 4. The van der Waals surface area contributed by atoms with E-state index >= 15 is 0 Å². The Bertz CT molecular complexity index is 392. The van der Waals surface area contributed by atoms with Crippen molar-refractivity contribution in [2.45, 2.75) is 6.18 Å². The van der Waals surface area contributed by atoms with Gasteiger partial charge in [0.25, 0.3) is 0 Å². The molecule has 0 fully saturated rings. The van der Waals surface area contributed by atoms with E-state index in [1.54, 1.807) is 0 Å². The Labute approximate surface area is 92.7 Å².